The van der Waals surface area contributed by atoms with E-state index in [1.165, 1.54) is 4.90 Å². The molecule has 6 heterocycles. The van der Waals surface area contributed by atoms with Crippen LogP contribution in [0.4, 0.5) is 0 Å². The number of carbonyl (C=O) groups is 3. The van der Waals surface area contributed by atoms with Crippen LogP contribution in [0, 0.1) is 11.8 Å². The highest BCUT2D eigenvalue weighted by Crippen LogP contribution is 2.32. The van der Waals surface area contributed by atoms with Crippen molar-refractivity contribution in [3.05, 3.63) is 114 Å². The second kappa shape index (κ2) is 14.1. The van der Waals surface area contributed by atoms with Crippen LogP contribution in [0.25, 0.3) is 32.9 Å². The number of nitrogens with one attached hydrogen (secondary N) is 2. The fourth-order valence-electron chi connectivity index (χ4n) is 7.21. The molecule has 1 aliphatic carbocycles. The Labute approximate surface area is 309 Å². The number of aromatic nitrogens is 4. The van der Waals surface area contributed by atoms with Crippen LogP contribution in [0.15, 0.2) is 91.5 Å². The van der Waals surface area contributed by atoms with Crippen LogP contribution in [0.5, 0.6) is 11.6 Å². The van der Waals surface area contributed by atoms with Crippen LogP contribution in [-0.4, -0.2) is 67.4 Å². The molecule has 12 nitrogen and oxygen atoms in total. The minimum atomic E-state index is -0.635. The maximum absolute atomic E-state index is 12.9. The third-order valence-electron chi connectivity index (χ3n) is 10.1. The Morgan fingerprint density at radius 3 is 2.56 bits per heavy atom. The van der Waals surface area contributed by atoms with Gasteiger partial charge in [0.25, 0.3) is 5.91 Å². The number of rotatable bonds is 9. The lowest BCUT2D eigenvalue weighted by Gasteiger charge is -2.34. The summed E-state index contributed by atoms with van der Waals surface area (Å²) in [5.74, 6) is 6.35. The smallest absolute Gasteiger partial charge is 0.255 e. The van der Waals surface area contributed by atoms with Crippen molar-refractivity contribution in [2.45, 2.75) is 57.1 Å². The molecule has 4 aromatic heterocycles. The fourth-order valence-corrected chi connectivity index (χ4v) is 7.21. The number of fused-ring (bicyclic) bond motifs is 4. The van der Waals surface area contributed by atoms with Gasteiger partial charge in [-0.3, -0.25) is 24.7 Å². The molecule has 0 spiro atoms. The second-order valence-electron chi connectivity index (χ2n) is 13.7. The lowest BCUT2D eigenvalue weighted by molar-refractivity contribution is -0.136. The Morgan fingerprint density at radius 1 is 0.833 bits per heavy atom. The van der Waals surface area contributed by atoms with E-state index in [1.54, 1.807) is 18.5 Å². The van der Waals surface area contributed by atoms with Crippen LogP contribution in [0.3, 0.4) is 0 Å². The topological polar surface area (TPSA) is 149 Å². The molecule has 1 atom stereocenters. The number of imide groups is 1. The number of piperidine rings is 1. The van der Waals surface area contributed by atoms with Crippen molar-refractivity contribution in [3.8, 4) is 34.6 Å². The molecule has 12 heteroatoms. The molecule has 3 amide bonds. The standard InChI is InChI=1S/C42H34N6O6/c49-39-11-10-38(41(50)47-39)48-23-28-16-25(3-8-33(28)42(48)51)24-52-15-1-2-29-6-7-30(21-44-29)53-31-18-32(19-31)54-40-12-5-27(20-45-40)26-4-9-34-35-22-43-14-13-36(35)46-37(34)17-26/h3-9,12-14,16-17,20-22,31-32,38,46H,10-11,15,18-19,23-24H2,(H,47,49,50). The zero-order valence-corrected chi connectivity index (χ0v) is 29.1. The van der Waals surface area contributed by atoms with Crippen LogP contribution in [0.2, 0.25) is 0 Å². The van der Waals surface area contributed by atoms with Gasteiger partial charge < -0.3 is 24.1 Å². The lowest BCUT2D eigenvalue weighted by Crippen LogP contribution is -2.52. The maximum Gasteiger partial charge on any atom is 0.255 e. The van der Waals surface area contributed by atoms with E-state index in [9.17, 15) is 14.4 Å². The monoisotopic (exact) mass is 718 g/mol. The minimum Gasteiger partial charge on any atom is -0.489 e. The van der Waals surface area contributed by atoms with Crippen molar-refractivity contribution >= 4 is 39.5 Å². The van der Waals surface area contributed by atoms with Crippen LogP contribution >= 0.6 is 0 Å². The molecule has 2 fully saturated rings. The normalized spacial score (nSPS) is 19.2. The van der Waals surface area contributed by atoms with Gasteiger partial charge in [0.05, 0.1) is 12.8 Å². The average molecular weight is 719 g/mol. The number of hydrogen-bond acceptors (Lipinski definition) is 9. The lowest BCUT2D eigenvalue weighted by atomic mass is 9.92. The first-order valence-corrected chi connectivity index (χ1v) is 17.9. The quantitative estimate of drug-likeness (QED) is 0.112. The highest BCUT2D eigenvalue weighted by molar-refractivity contribution is 6.08. The zero-order chi connectivity index (χ0) is 36.6. The number of nitrogens with zero attached hydrogens (tertiary/aromatic N) is 4. The first kappa shape index (κ1) is 33.3. The molecule has 54 heavy (non-hydrogen) atoms. The third kappa shape index (κ3) is 6.73. The highest BCUT2D eigenvalue weighted by atomic mass is 16.5. The molecule has 6 aromatic rings. The summed E-state index contributed by atoms with van der Waals surface area (Å²) in [4.78, 5) is 54.9. The molecular weight excluding hydrogens is 684 g/mol. The summed E-state index contributed by atoms with van der Waals surface area (Å²) >= 11 is 0. The Bertz CT molecular complexity index is 2480. The van der Waals surface area contributed by atoms with E-state index in [0.29, 0.717) is 42.5 Å². The largest absolute Gasteiger partial charge is 0.489 e. The molecule has 2 N–H and O–H groups in total. The summed E-state index contributed by atoms with van der Waals surface area (Å²) in [5.41, 5.74) is 7.14. The molecule has 0 radical (unpaired) electrons. The van der Waals surface area contributed by atoms with Gasteiger partial charge in [-0.15, -0.1) is 0 Å². The summed E-state index contributed by atoms with van der Waals surface area (Å²) in [5, 5.41) is 4.58. The number of H-pyrrole nitrogens is 1. The SMILES string of the molecule is O=C1CCC(N2Cc3cc(COCC#Cc4ccc(OC5CC(Oc6ccc(-c7ccc8c(c7)[nH]c7ccncc78)cn6)C5)cn4)ccc3C2=O)C(=O)N1. The van der Waals surface area contributed by atoms with E-state index < -0.39 is 11.9 Å². The summed E-state index contributed by atoms with van der Waals surface area (Å²) < 4.78 is 17.9. The van der Waals surface area contributed by atoms with Crippen LogP contribution in [-0.2, 0) is 27.5 Å². The number of benzene rings is 2. The summed E-state index contributed by atoms with van der Waals surface area (Å²) in [6.45, 7) is 0.855. The van der Waals surface area contributed by atoms with Gasteiger partial charge in [0.2, 0.25) is 17.7 Å². The molecule has 2 aromatic carbocycles. The molecule has 1 saturated carbocycles. The Morgan fingerprint density at radius 2 is 1.72 bits per heavy atom. The zero-order valence-electron chi connectivity index (χ0n) is 29.1. The van der Waals surface area contributed by atoms with Crippen molar-refractivity contribution in [3.63, 3.8) is 0 Å². The van der Waals surface area contributed by atoms with Crippen molar-refractivity contribution in [2.75, 3.05) is 6.61 Å². The van der Waals surface area contributed by atoms with Crippen molar-refractivity contribution in [1.82, 2.24) is 30.2 Å². The summed E-state index contributed by atoms with van der Waals surface area (Å²) in [7, 11) is 0. The van der Waals surface area contributed by atoms with Gasteiger partial charge >= 0.3 is 0 Å². The number of amides is 3. The van der Waals surface area contributed by atoms with E-state index in [4.69, 9.17) is 14.2 Å². The van der Waals surface area contributed by atoms with Crippen molar-refractivity contribution in [1.29, 1.82) is 0 Å². The summed E-state index contributed by atoms with van der Waals surface area (Å²) in [6.07, 6.45) is 9.34. The molecule has 2 aliphatic heterocycles. The van der Waals surface area contributed by atoms with E-state index in [2.05, 4.69) is 55.3 Å². The summed E-state index contributed by atoms with van der Waals surface area (Å²) in [6, 6.07) is 20.8. The number of carbonyl (C=O) groups excluding carboxylic acids is 3. The Kier molecular flexibility index (Phi) is 8.69. The second-order valence-corrected chi connectivity index (χ2v) is 13.7. The molecular formula is C42H34N6O6. The molecule has 0 bridgehead atoms. The number of pyridine rings is 3. The van der Waals surface area contributed by atoms with E-state index in [1.807, 2.05) is 54.9 Å². The fraction of sp³-hybridized carbons (Fsp3) is 0.238. The predicted molar refractivity (Wildman–Crippen MR) is 198 cm³/mol. The van der Waals surface area contributed by atoms with Crippen molar-refractivity contribution in [2.24, 2.45) is 0 Å². The van der Waals surface area contributed by atoms with E-state index >= 15 is 0 Å². The highest BCUT2D eigenvalue weighted by Gasteiger charge is 2.39. The first-order chi connectivity index (χ1) is 26.4. The van der Waals surface area contributed by atoms with E-state index in [-0.39, 0.29) is 37.0 Å². The molecule has 268 valence electrons. The molecule has 3 aliphatic rings. The number of hydrogen-bond donors (Lipinski definition) is 2. The Balaban J connectivity index is 0.706. The van der Waals surface area contributed by atoms with Crippen LogP contribution in [0.1, 0.15) is 52.9 Å². The molecule has 1 unspecified atom stereocenters. The Hall–Kier alpha value is -6.58. The molecule has 9 rings (SSSR count). The van der Waals surface area contributed by atoms with Crippen molar-refractivity contribution < 1.29 is 28.6 Å². The number of aromatic amines is 1. The first-order valence-electron chi connectivity index (χ1n) is 17.9. The van der Waals surface area contributed by atoms with Gasteiger partial charge in [-0.2, -0.15) is 0 Å². The van der Waals surface area contributed by atoms with Gasteiger partial charge in [-0.25, -0.2) is 9.97 Å². The van der Waals surface area contributed by atoms with Gasteiger partial charge in [0, 0.05) is 83.4 Å². The molecule has 1 saturated heterocycles. The minimum absolute atomic E-state index is 0.0366. The maximum atomic E-state index is 12.9. The van der Waals surface area contributed by atoms with Gasteiger partial charge in [-0.1, -0.05) is 30.2 Å². The average Bonchev–Trinajstić information content (AvgIpc) is 3.71. The number of ether oxygens (including phenoxy) is 3. The van der Waals surface area contributed by atoms with Gasteiger partial charge in [0.1, 0.15) is 36.3 Å². The van der Waals surface area contributed by atoms with Gasteiger partial charge in [-0.05, 0) is 65.4 Å². The van der Waals surface area contributed by atoms with Crippen LogP contribution < -0.4 is 14.8 Å². The predicted octanol–water partition coefficient (Wildman–Crippen LogP) is 5.49. The van der Waals surface area contributed by atoms with E-state index in [0.717, 1.165) is 56.9 Å². The third-order valence-corrected chi connectivity index (χ3v) is 10.1. The van der Waals surface area contributed by atoms with Gasteiger partial charge in [0.15, 0.2) is 0 Å².